The molecule has 0 atom stereocenters. The fraction of sp³-hybridized carbons (Fsp3) is 0.231. The number of halogens is 3. The van der Waals surface area contributed by atoms with Crippen LogP contribution >= 0.6 is 11.8 Å². The number of pyridine rings is 1. The Hall–Kier alpha value is -3.86. The number of nitrogens with one attached hydrogen (secondary N) is 1. The summed E-state index contributed by atoms with van der Waals surface area (Å²) in [6.45, 7) is 2.53. The minimum absolute atomic E-state index is 0.0484. The Bertz CT molecular complexity index is 1420. The first-order chi connectivity index (χ1) is 17.8. The van der Waals surface area contributed by atoms with E-state index < -0.39 is 11.7 Å². The highest BCUT2D eigenvalue weighted by atomic mass is 32.2. The SMILES string of the molecule is CSc1nccc(N2CCN(C(=O)c3ccc(Nc4ccnc5cc(C(F)(F)F)ccc45)cc3)CC2)n1. The molecule has 0 saturated carbocycles. The zero-order chi connectivity index (χ0) is 26.0. The molecule has 4 aromatic rings. The van der Waals surface area contributed by atoms with E-state index in [4.69, 9.17) is 0 Å². The quantitative estimate of drug-likeness (QED) is 0.274. The average Bonchev–Trinajstić information content (AvgIpc) is 2.92. The molecule has 190 valence electrons. The van der Waals surface area contributed by atoms with Crippen LogP contribution in [0.2, 0.25) is 0 Å². The topological polar surface area (TPSA) is 74.2 Å². The van der Waals surface area contributed by atoms with Crippen LogP contribution in [0.15, 0.2) is 72.1 Å². The number of piperazine rings is 1. The minimum atomic E-state index is -4.43. The molecule has 1 fully saturated rings. The number of rotatable bonds is 5. The van der Waals surface area contributed by atoms with E-state index in [-0.39, 0.29) is 11.4 Å². The molecule has 0 spiro atoms. The molecule has 7 nitrogen and oxygen atoms in total. The van der Waals surface area contributed by atoms with Crippen molar-refractivity contribution in [2.24, 2.45) is 0 Å². The Morgan fingerprint density at radius 2 is 1.68 bits per heavy atom. The molecule has 0 radical (unpaired) electrons. The van der Waals surface area contributed by atoms with Gasteiger partial charge in [0, 0.05) is 60.9 Å². The number of fused-ring (bicyclic) bond motifs is 1. The molecule has 1 amide bonds. The minimum Gasteiger partial charge on any atom is -0.355 e. The number of nitrogens with zero attached hydrogens (tertiary/aromatic N) is 5. The second-order valence-corrected chi connectivity index (χ2v) is 9.24. The zero-order valence-corrected chi connectivity index (χ0v) is 20.7. The van der Waals surface area contributed by atoms with Crippen LogP contribution in [0, 0.1) is 0 Å². The Morgan fingerprint density at radius 3 is 2.38 bits per heavy atom. The predicted octanol–water partition coefficient (Wildman–Crippen LogP) is 5.47. The molecule has 1 N–H and O–H groups in total. The summed E-state index contributed by atoms with van der Waals surface area (Å²) in [5, 5.41) is 4.51. The van der Waals surface area contributed by atoms with Crippen LogP contribution in [-0.4, -0.2) is 58.2 Å². The van der Waals surface area contributed by atoms with E-state index >= 15 is 0 Å². The van der Waals surface area contributed by atoms with Crippen LogP contribution in [0.1, 0.15) is 15.9 Å². The fourth-order valence-electron chi connectivity index (χ4n) is 4.21. The number of carbonyl (C=O) groups is 1. The number of amides is 1. The lowest BCUT2D eigenvalue weighted by atomic mass is 10.1. The summed E-state index contributed by atoms with van der Waals surface area (Å²) in [6, 6.07) is 14.1. The number of benzene rings is 2. The smallest absolute Gasteiger partial charge is 0.355 e. The molecule has 37 heavy (non-hydrogen) atoms. The highest BCUT2D eigenvalue weighted by molar-refractivity contribution is 7.98. The van der Waals surface area contributed by atoms with Crippen molar-refractivity contribution < 1.29 is 18.0 Å². The molecule has 0 unspecified atom stereocenters. The van der Waals surface area contributed by atoms with Crippen LogP contribution in [0.4, 0.5) is 30.4 Å². The zero-order valence-electron chi connectivity index (χ0n) is 19.9. The van der Waals surface area contributed by atoms with Gasteiger partial charge in [-0.05, 0) is 54.8 Å². The molecule has 1 aliphatic rings. The van der Waals surface area contributed by atoms with E-state index in [2.05, 4.69) is 25.2 Å². The molecule has 1 saturated heterocycles. The van der Waals surface area contributed by atoms with Crippen LogP contribution in [0.25, 0.3) is 10.9 Å². The van der Waals surface area contributed by atoms with Gasteiger partial charge in [-0.1, -0.05) is 17.8 Å². The maximum absolute atomic E-state index is 13.1. The fourth-order valence-corrected chi connectivity index (χ4v) is 4.56. The highest BCUT2D eigenvalue weighted by Gasteiger charge is 2.30. The summed E-state index contributed by atoms with van der Waals surface area (Å²) < 4.78 is 39.1. The molecule has 2 aromatic heterocycles. The summed E-state index contributed by atoms with van der Waals surface area (Å²) >= 11 is 1.49. The second kappa shape index (κ2) is 10.3. The van der Waals surface area contributed by atoms with Gasteiger partial charge in [0.25, 0.3) is 5.91 Å². The van der Waals surface area contributed by atoms with Gasteiger partial charge in [0.15, 0.2) is 5.16 Å². The molecule has 11 heteroatoms. The molecule has 2 aromatic carbocycles. The van der Waals surface area contributed by atoms with Crippen LogP contribution in [0.3, 0.4) is 0 Å². The van der Waals surface area contributed by atoms with Crippen molar-refractivity contribution in [3.8, 4) is 0 Å². The third-order valence-electron chi connectivity index (χ3n) is 6.17. The normalized spacial score (nSPS) is 14.2. The van der Waals surface area contributed by atoms with Gasteiger partial charge in [0.05, 0.1) is 11.1 Å². The number of anilines is 3. The Morgan fingerprint density at radius 1 is 0.946 bits per heavy atom. The van der Waals surface area contributed by atoms with Crippen LogP contribution in [0.5, 0.6) is 0 Å². The lowest BCUT2D eigenvalue weighted by molar-refractivity contribution is -0.137. The standard InChI is InChI=1S/C26H23F3N6OS/c1-37-25-31-11-9-23(33-25)34-12-14-35(15-13-34)24(36)17-2-5-19(6-3-17)32-21-8-10-30-22-16-18(26(27,28)29)4-7-20(21)22/h2-11,16H,12-15H2,1H3,(H,30,32). The van der Waals surface area contributed by atoms with Gasteiger partial charge in [0.2, 0.25) is 0 Å². The largest absolute Gasteiger partial charge is 0.416 e. The van der Waals surface area contributed by atoms with Gasteiger partial charge in [-0.15, -0.1) is 0 Å². The first-order valence-electron chi connectivity index (χ1n) is 11.6. The number of hydrogen-bond donors (Lipinski definition) is 1. The third kappa shape index (κ3) is 5.46. The van der Waals surface area contributed by atoms with Gasteiger partial charge < -0.3 is 15.1 Å². The van der Waals surface area contributed by atoms with Gasteiger partial charge >= 0.3 is 6.18 Å². The predicted molar refractivity (Wildman–Crippen MR) is 138 cm³/mol. The van der Waals surface area contributed by atoms with E-state index in [1.54, 1.807) is 36.5 Å². The highest BCUT2D eigenvalue weighted by Crippen LogP contribution is 2.33. The second-order valence-electron chi connectivity index (χ2n) is 8.47. The van der Waals surface area contributed by atoms with E-state index in [1.165, 1.54) is 24.0 Å². The van der Waals surface area contributed by atoms with Crippen molar-refractivity contribution in [1.82, 2.24) is 19.9 Å². The number of alkyl halides is 3. The lowest BCUT2D eigenvalue weighted by Gasteiger charge is -2.35. The van der Waals surface area contributed by atoms with Crippen LogP contribution in [-0.2, 0) is 6.18 Å². The van der Waals surface area contributed by atoms with E-state index in [0.717, 1.165) is 23.1 Å². The number of carbonyl (C=O) groups excluding carboxylic acids is 1. The maximum Gasteiger partial charge on any atom is 0.416 e. The molecular weight excluding hydrogens is 501 g/mol. The number of hydrogen-bond acceptors (Lipinski definition) is 7. The van der Waals surface area contributed by atoms with Crippen molar-refractivity contribution in [2.75, 3.05) is 42.7 Å². The Labute approximate surface area is 215 Å². The Balaban J connectivity index is 1.24. The number of aromatic nitrogens is 3. The van der Waals surface area contributed by atoms with Crippen LogP contribution < -0.4 is 10.2 Å². The Kier molecular flexibility index (Phi) is 6.88. The maximum atomic E-state index is 13.1. The molecule has 1 aliphatic heterocycles. The van der Waals surface area contributed by atoms with E-state index in [0.29, 0.717) is 48.5 Å². The number of thioether (sulfide) groups is 1. The summed E-state index contributed by atoms with van der Waals surface area (Å²) in [6.07, 6.45) is 0.715. The molecular formula is C26H23F3N6OS. The summed E-state index contributed by atoms with van der Waals surface area (Å²) in [5.74, 6) is 0.813. The molecule has 0 aliphatic carbocycles. The molecule has 0 bridgehead atoms. The third-order valence-corrected chi connectivity index (χ3v) is 6.73. The molecule has 5 rings (SSSR count). The summed E-state index contributed by atoms with van der Waals surface area (Å²) in [5.41, 5.74) is 1.41. The van der Waals surface area contributed by atoms with Gasteiger partial charge in [-0.2, -0.15) is 13.2 Å². The van der Waals surface area contributed by atoms with Crippen molar-refractivity contribution in [3.63, 3.8) is 0 Å². The van der Waals surface area contributed by atoms with Crippen molar-refractivity contribution in [1.29, 1.82) is 0 Å². The van der Waals surface area contributed by atoms with Gasteiger partial charge in [-0.3, -0.25) is 9.78 Å². The lowest BCUT2D eigenvalue weighted by Crippen LogP contribution is -2.49. The first kappa shape index (κ1) is 24.8. The van der Waals surface area contributed by atoms with Crippen molar-refractivity contribution >= 4 is 45.8 Å². The van der Waals surface area contributed by atoms with E-state index in [1.807, 2.05) is 17.2 Å². The average molecular weight is 525 g/mol. The first-order valence-corrected chi connectivity index (χ1v) is 12.8. The van der Waals surface area contributed by atoms with Crippen molar-refractivity contribution in [3.05, 3.63) is 78.1 Å². The monoisotopic (exact) mass is 524 g/mol. The van der Waals surface area contributed by atoms with E-state index in [9.17, 15) is 18.0 Å². The summed E-state index contributed by atoms with van der Waals surface area (Å²) in [7, 11) is 0. The van der Waals surface area contributed by atoms with Gasteiger partial charge in [0.1, 0.15) is 5.82 Å². The molecule has 3 heterocycles. The van der Waals surface area contributed by atoms with Gasteiger partial charge in [-0.25, -0.2) is 9.97 Å². The van der Waals surface area contributed by atoms with Crippen molar-refractivity contribution in [2.45, 2.75) is 11.3 Å². The summed E-state index contributed by atoms with van der Waals surface area (Å²) in [4.78, 5) is 29.9.